The van der Waals surface area contributed by atoms with Crippen LogP contribution in [0.4, 0.5) is 5.82 Å². The van der Waals surface area contributed by atoms with Crippen LogP contribution in [0.2, 0.25) is 0 Å². The fraction of sp³-hybridized carbons (Fsp3) is 0.353. The highest BCUT2D eigenvalue weighted by Crippen LogP contribution is 2.07. The molecule has 0 atom stereocenters. The Kier molecular flexibility index (Phi) is 5.89. The molecule has 2 aromatic rings. The standard InChI is InChI=1S/C17H22N4O/c1-3-4-10-21(2)17(22)15-12-20-16(13-18-15)19-11-14-8-6-5-7-9-14/h5-9,12-13H,3-4,10-11H2,1-2H3,(H,19,20). The van der Waals surface area contributed by atoms with E-state index >= 15 is 0 Å². The predicted octanol–water partition coefficient (Wildman–Crippen LogP) is 2.96. The smallest absolute Gasteiger partial charge is 0.273 e. The first kappa shape index (κ1) is 15.9. The summed E-state index contributed by atoms with van der Waals surface area (Å²) in [7, 11) is 1.79. The van der Waals surface area contributed by atoms with Gasteiger partial charge in [0.1, 0.15) is 11.5 Å². The average molecular weight is 298 g/mol. The third kappa shape index (κ3) is 4.55. The van der Waals surface area contributed by atoms with Gasteiger partial charge >= 0.3 is 0 Å². The maximum absolute atomic E-state index is 12.1. The van der Waals surface area contributed by atoms with Crippen molar-refractivity contribution >= 4 is 11.7 Å². The molecule has 0 bridgehead atoms. The quantitative estimate of drug-likeness (QED) is 0.854. The average Bonchev–Trinajstić information content (AvgIpc) is 2.58. The zero-order valence-electron chi connectivity index (χ0n) is 13.1. The van der Waals surface area contributed by atoms with Crippen LogP contribution >= 0.6 is 0 Å². The first-order valence-electron chi connectivity index (χ1n) is 7.56. The van der Waals surface area contributed by atoms with E-state index in [1.165, 1.54) is 11.8 Å². The molecule has 5 heteroatoms. The van der Waals surface area contributed by atoms with Gasteiger partial charge in [-0.2, -0.15) is 0 Å². The molecule has 116 valence electrons. The zero-order chi connectivity index (χ0) is 15.8. The molecule has 0 radical (unpaired) electrons. The lowest BCUT2D eigenvalue weighted by Crippen LogP contribution is -2.28. The van der Waals surface area contributed by atoms with Gasteiger partial charge in [0.2, 0.25) is 0 Å². The molecule has 0 spiro atoms. The SMILES string of the molecule is CCCCN(C)C(=O)c1cnc(NCc2ccccc2)cn1. The molecule has 1 aromatic heterocycles. The summed E-state index contributed by atoms with van der Waals surface area (Å²) in [5, 5.41) is 3.19. The number of carbonyl (C=O) groups excluding carboxylic acids is 1. The van der Waals surface area contributed by atoms with E-state index in [0.29, 0.717) is 18.1 Å². The highest BCUT2D eigenvalue weighted by Gasteiger charge is 2.12. The van der Waals surface area contributed by atoms with Crippen molar-refractivity contribution in [2.24, 2.45) is 0 Å². The molecule has 1 aromatic carbocycles. The summed E-state index contributed by atoms with van der Waals surface area (Å²) in [6, 6.07) is 10.1. The van der Waals surface area contributed by atoms with Crippen molar-refractivity contribution in [3.8, 4) is 0 Å². The summed E-state index contributed by atoms with van der Waals surface area (Å²) in [6.07, 6.45) is 5.18. The third-order valence-electron chi connectivity index (χ3n) is 3.38. The largest absolute Gasteiger partial charge is 0.365 e. The van der Waals surface area contributed by atoms with Crippen LogP contribution in [0.5, 0.6) is 0 Å². The van der Waals surface area contributed by atoms with E-state index in [0.717, 1.165) is 19.4 Å². The van der Waals surface area contributed by atoms with Crippen molar-refractivity contribution in [3.05, 3.63) is 54.0 Å². The topological polar surface area (TPSA) is 58.1 Å². The molecule has 0 aliphatic heterocycles. The second-order valence-electron chi connectivity index (χ2n) is 5.21. The second-order valence-corrected chi connectivity index (χ2v) is 5.21. The van der Waals surface area contributed by atoms with E-state index in [2.05, 4.69) is 22.2 Å². The predicted molar refractivity (Wildman–Crippen MR) is 87.7 cm³/mol. The van der Waals surface area contributed by atoms with Crippen LogP contribution < -0.4 is 5.32 Å². The Morgan fingerprint density at radius 3 is 2.59 bits per heavy atom. The molecule has 0 aliphatic rings. The summed E-state index contributed by atoms with van der Waals surface area (Å²) in [4.78, 5) is 22.3. The highest BCUT2D eigenvalue weighted by molar-refractivity contribution is 5.91. The number of hydrogen-bond donors (Lipinski definition) is 1. The minimum atomic E-state index is -0.0874. The lowest BCUT2D eigenvalue weighted by Gasteiger charge is -2.16. The highest BCUT2D eigenvalue weighted by atomic mass is 16.2. The number of nitrogens with zero attached hydrogens (tertiary/aromatic N) is 3. The van der Waals surface area contributed by atoms with Crippen LogP contribution in [-0.4, -0.2) is 34.4 Å². The van der Waals surface area contributed by atoms with Crippen molar-refractivity contribution in [2.45, 2.75) is 26.3 Å². The van der Waals surface area contributed by atoms with E-state index in [1.54, 1.807) is 18.1 Å². The van der Waals surface area contributed by atoms with Crippen LogP contribution in [0, 0.1) is 0 Å². The summed E-state index contributed by atoms with van der Waals surface area (Å²) in [5.74, 6) is 0.576. The summed E-state index contributed by atoms with van der Waals surface area (Å²) >= 11 is 0. The van der Waals surface area contributed by atoms with E-state index < -0.39 is 0 Å². The first-order chi connectivity index (χ1) is 10.7. The molecule has 1 N–H and O–H groups in total. The van der Waals surface area contributed by atoms with Crippen molar-refractivity contribution in [2.75, 3.05) is 18.9 Å². The Balaban J connectivity index is 1.91. The molecule has 1 amide bonds. The van der Waals surface area contributed by atoms with Crippen LogP contribution in [0.1, 0.15) is 35.8 Å². The van der Waals surface area contributed by atoms with Gasteiger partial charge in [0, 0.05) is 20.1 Å². The van der Waals surface area contributed by atoms with Gasteiger partial charge in [-0.1, -0.05) is 43.7 Å². The molecule has 0 unspecified atom stereocenters. The Bertz CT molecular complexity index is 583. The molecule has 22 heavy (non-hydrogen) atoms. The number of amides is 1. The van der Waals surface area contributed by atoms with E-state index in [-0.39, 0.29) is 5.91 Å². The van der Waals surface area contributed by atoms with E-state index in [4.69, 9.17) is 0 Å². The molecule has 0 saturated carbocycles. The van der Waals surface area contributed by atoms with Gasteiger partial charge in [0.05, 0.1) is 12.4 Å². The minimum Gasteiger partial charge on any atom is -0.365 e. The maximum atomic E-state index is 12.1. The van der Waals surface area contributed by atoms with Gasteiger partial charge in [-0.25, -0.2) is 9.97 Å². The number of carbonyl (C=O) groups is 1. The molecule has 0 fully saturated rings. The Morgan fingerprint density at radius 2 is 1.95 bits per heavy atom. The molecule has 0 aliphatic carbocycles. The van der Waals surface area contributed by atoms with Gasteiger partial charge in [0.25, 0.3) is 5.91 Å². The van der Waals surface area contributed by atoms with E-state index in [1.807, 2.05) is 30.3 Å². The van der Waals surface area contributed by atoms with Gasteiger partial charge in [-0.15, -0.1) is 0 Å². The molecular weight excluding hydrogens is 276 g/mol. The number of benzene rings is 1. The number of anilines is 1. The Hall–Kier alpha value is -2.43. The Morgan fingerprint density at radius 1 is 1.18 bits per heavy atom. The Labute approximate surface area is 131 Å². The van der Waals surface area contributed by atoms with Crippen LogP contribution in [0.15, 0.2) is 42.7 Å². The fourth-order valence-electron chi connectivity index (χ4n) is 2.01. The third-order valence-corrected chi connectivity index (χ3v) is 3.38. The molecular formula is C17H22N4O. The molecule has 1 heterocycles. The number of rotatable bonds is 7. The first-order valence-corrected chi connectivity index (χ1v) is 7.56. The number of hydrogen-bond acceptors (Lipinski definition) is 4. The summed E-state index contributed by atoms with van der Waals surface area (Å²) < 4.78 is 0. The summed E-state index contributed by atoms with van der Waals surface area (Å²) in [5.41, 5.74) is 1.55. The number of unbranched alkanes of at least 4 members (excludes halogenated alkanes) is 1. The lowest BCUT2D eigenvalue weighted by molar-refractivity contribution is 0.0787. The minimum absolute atomic E-state index is 0.0874. The zero-order valence-corrected chi connectivity index (χ0v) is 13.1. The summed E-state index contributed by atoms with van der Waals surface area (Å²) in [6.45, 7) is 3.52. The maximum Gasteiger partial charge on any atom is 0.273 e. The molecule has 2 rings (SSSR count). The van der Waals surface area contributed by atoms with Gasteiger partial charge in [-0.05, 0) is 12.0 Å². The van der Waals surface area contributed by atoms with Gasteiger partial charge < -0.3 is 10.2 Å². The lowest BCUT2D eigenvalue weighted by atomic mass is 10.2. The van der Waals surface area contributed by atoms with Gasteiger partial charge in [0.15, 0.2) is 0 Å². The molecule has 5 nitrogen and oxygen atoms in total. The van der Waals surface area contributed by atoms with Crippen molar-refractivity contribution in [1.82, 2.24) is 14.9 Å². The van der Waals surface area contributed by atoms with Crippen molar-refractivity contribution in [3.63, 3.8) is 0 Å². The van der Waals surface area contributed by atoms with Crippen LogP contribution in [0.3, 0.4) is 0 Å². The van der Waals surface area contributed by atoms with Crippen molar-refractivity contribution in [1.29, 1.82) is 0 Å². The monoisotopic (exact) mass is 298 g/mol. The second kappa shape index (κ2) is 8.12. The van der Waals surface area contributed by atoms with E-state index in [9.17, 15) is 4.79 Å². The molecule has 0 saturated heterocycles. The van der Waals surface area contributed by atoms with Crippen LogP contribution in [-0.2, 0) is 6.54 Å². The number of aromatic nitrogens is 2. The fourth-order valence-corrected chi connectivity index (χ4v) is 2.01. The van der Waals surface area contributed by atoms with Crippen LogP contribution in [0.25, 0.3) is 0 Å². The van der Waals surface area contributed by atoms with Gasteiger partial charge in [-0.3, -0.25) is 4.79 Å². The normalized spacial score (nSPS) is 10.3. The van der Waals surface area contributed by atoms with Crippen molar-refractivity contribution < 1.29 is 4.79 Å². The number of nitrogens with one attached hydrogen (secondary N) is 1.